The van der Waals surface area contributed by atoms with Crippen molar-refractivity contribution in [3.63, 3.8) is 0 Å². The Labute approximate surface area is 205 Å². The third-order valence-electron chi connectivity index (χ3n) is 5.99. The van der Waals surface area contributed by atoms with Gasteiger partial charge in [0.1, 0.15) is 16.3 Å². The molecule has 1 atom stereocenters. The predicted molar refractivity (Wildman–Crippen MR) is 115 cm³/mol. The summed E-state index contributed by atoms with van der Waals surface area (Å²) in [5, 5.41) is 0.312. The summed E-state index contributed by atoms with van der Waals surface area (Å²) in [7, 11) is 0. The Bertz CT molecular complexity index is 1140. The number of halogens is 10. The van der Waals surface area contributed by atoms with E-state index in [4.69, 9.17) is 23.2 Å². The first-order valence-corrected chi connectivity index (χ1v) is 11.0. The first-order valence-electron chi connectivity index (χ1n) is 10.2. The van der Waals surface area contributed by atoms with Crippen LogP contribution in [0.15, 0.2) is 24.3 Å². The van der Waals surface area contributed by atoms with E-state index in [1.807, 2.05) is 0 Å². The Hall–Kier alpha value is -2.27. The van der Waals surface area contributed by atoms with Gasteiger partial charge < -0.3 is 10.2 Å². The van der Waals surface area contributed by atoms with Crippen LogP contribution in [0.25, 0.3) is 0 Å². The van der Waals surface area contributed by atoms with E-state index in [1.165, 1.54) is 13.0 Å². The number of amides is 1. The fourth-order valence-corrected chi connectivity index (χ4v) is 4.51. The van der Waals surface area contributed by atoms with Crippen molar-refractivity contribution in [1.29, 1.82) is 0 Å². The lowest BCUT2D eigenvalue weighted by Crippen LogP contribution is -2.45. The first kappa shape index (κ1) is 27.3. The molecule has 1 aliphatic heterocycles. The molecule has 3 nitrogen and oxygen atoms in total. The van der Waals surface area contributed by atoms with Crippen LogP contribution in [0.2, 0.25) is 10.0 Å². The molecule has 2 aromatic carbocycles. The van der Waals surface area contributed by atoms with Gasteiger partial charge in [0.15, 0.2) is 5.82 Å². The molecule has 1 heterocycles. The molecule has 1 N–H and O–H groups in total. The second-order valence-corrected chi connectivity index (χ2v) is 8.85. The molecule has 35 heavy (non-hydrogen) atoms. The van der Waals surface area contributed by atoms with Crippen LogP contribution < -0.4 is 10.2 Å². The van der Waals surface area contributed by atoms with Crippen LogP contribution >= 0.6 is 23.2 Å². The molecule has 0 bridgehead atoms. The number of nitrogens with zero attached hydrogens (tertiary/aromatic N) is 1. The minimum atomic E-state index is -5.07. The molecular formula is C22H18Cl2F8N2O. The van der Waals surface area contributed by atoms with Gasteiger partial charge in [0.2, 0.25) is 5.91 Å². The van der Waals surface area contributed by atoms with Crippen molar-refractivity contribution >= 4 is 34.8 Å². The van der Waals surface area contributed by atoms with Crippen molar-refractivity contribution < 1.29 is 39.9 Å². The van der Waals surface area contributed by atoms with Gasteiger partial charge in [-0.3, -0.25) is 4.79 Å². The molecule has 0 aliphatic carbocycles. The molecule has 13 heteroatoms. The molecule has 1 aliphatic rings. The second-order valence-electron chi connectivity index (χ2n) is 8.07. The van der Waals surface area contributed by atoms with E-state index >= 15 is 0 Å². The Balaban J connectivity index is 2.04. The summed E-state index contributed by atoms with van der Waals surface area (Å²) >= 11 is 11.1. The maximum absolute atomic E-state index is 14.7. The molecule has 1 amide bonds. The summed E-state index contributed by atoms with van der Waals surface area (Å²) in [6.07, 6.45) is -10.6. The zero-order chi connectivity index (χ0) is 26.3. The van der Waals surface area contributed by atoms with Gasteiger partial charge in [-0.25, -0.2) is 8.78 Å². The molecule has 0 saturated carbocycles. The van der Waals surface area contributed by atoms with E-state index in [-0.39, 0.29) is 24.2 Å². The highest BCUT2D eigenvalue weighted by atomic mass is 35.5. The molecule has 3 rings (SSSR count). The summed E-state index contributed by atoms with van der Waals surface area (Å²) in [6.45, 7) is -0.233. The topological polar surface area (TPSA) is 32.3 Å². The van der Waals surface area contributed by atoms with E-state index in [1.54, 1.807) is 0 Å². The number of benzene rings is 2. The number of anilines is 1. The highest BCUT2D eigenvalue weighted by Gasteiger charge is 2.60. The van der Waals surface area contributed by atoms with E-state index in [2.05, 4.69) is 5.32 Å². The number of carbonyl (C=O) groups excluding carboxylic acids is 1. The Kier molecular flexibility index (Phi) is 7.53. The van der Waals surface area contributed by atoms with Crippen molar-refractivity contribution in [3.05, 3.63) is 62.6 Å². The molecule has 1 fully saturated rings. The van der Waals surface area contributed by atoms with Crippen LogP contribution in [0.3, 0.4) is 0 Å². The summed E-state index contributed by atoms with van der Waals surface area (Å²) in [6, 6.07) is 3.45. The molecule has 1 saturated heterocycles. The number of hydrogen-bond acceptors (Lipinski definition) is 2. The van der Waals surface area contributed by atoms with Gasteiger partial charge in [-0.1, -0.05) is 36.2 Å². The zero-order valence-electron chi connectivity index (χ0n) is 18.0. The molecule has 1 unspecified atom stereocenters. The van der Waals surface area contributed by atoms with Crippen LogP contribution in [-0.4, -0.2) is 25.2 Å². The Morgan fingerprint density at radius 1 is 1.09 bits per heavy atom. The number of nitrogens with one attached hydrogen (secondary N) is 1. The second kappa shape index (κ2) is 9.65. The van der Waals surface area contributed by atoms with Gasteiger partial charge in [-0.05, 0) is 30.2 Å². The zero-order valence-corrected chi connectivity index (χ0v) is 19.5. The minimum Gasteiger partial charge on any atom is -0.370 e. The number of rotatable bonds is 5. The smallest absolute Gasteiger partial charge is 0.370 e. The average molecular weight is 549 g/mol. The largest absolute Gasteiger partial charge is 0.416 e. The van der Waals surface area contributed by atoms with Gasteiger partial charge in [0, 0.05) is 37.3 Å². The summed E-state index contributed by atoms with van der Waals surface area (Å²) in [4.78, 5) is 12.5. The lowest BCUT2D eigenvalue weighted by atomic mass is 9.78. The number of carbonyl (C=O) groups is 1. The van der Waals surface area contributed by atoms with Crippen LogP contribution in [-0.2, 0) is 22.9 Å². The SMILES string of the molecule is CCC(=O)NCc1ccc(N2CCC(c3cc(Cl)c(F)c(Cl)c3F)(C(F)(F)F)C2)cc1C(F)(F)F. The summed E-state index contributed by atoms with van der Waals surface area (Å²) in [5.74, 6) is -3.52. The van der Waals surface area contributed by atoms with Gasteiger partial charge in [0.05, 0.1) is 10.6 Å². The van der Waals surface area contributed by atoms with E-state index in [9.17, 15) is 39.9 Å². The molecule has 0 aromatic heterocycles. The van der Waals surface area contributed by atoms with Crippen LogP contribution in [0.1, 0.15) is 36.5 Å². The van der Waals surface area contributed by atoms with Gasteiger partial charge in [0.25, 0.3) is 0 Å². The van der Waals surface area contributed by atoms with E-state index in [0.717, 1.165) is 11.0 Å². The molecular weight excluding hydrogens is 531 g/mol. The maximum atomic E-state index is 14.7. The van der Waals surface area contributed by atoms with Crippen LogP contribution in [0, 0.1) is 11.6 Å². The molecule has 0 radical (unpaired) electrons. The lowest BCUT2D eigenvalue weighted by molar-refractivity contribution is -0.185. The quantitative estimate of drug-likeness (QED) is 0.247. The highest BCUT2D eigenvalue weighted by Crippen LogP contribution is 2.51. The number of hydrogen-bond donors (Lipinski definition) is 1. The molecule has 0 spiro atoms. The first-order chi connectivity index (χ1) is 16.1. The monoisotopic (exact) mass is 548 g/mol. The van der Waals surface area contributed by atoms with Crippen LogP contribution in [0.4, 0.5) is 40.8 Å². The minimum absolute atomic E-state index is 0.0563. The van der Waals surface area contributed by atoms with Gasteiger partial charge >= 0.3 is 12.4 Å². The summed E-state index contributed by atoms with van der Waals surface area (Å²) in [5.41, 5.74) is -5.47. The van der Waals surface area contributed by atoms with E-state index in [0.29, 0.717) is 12.1 Å². The lowest BCUT2D eigenvalue weighted by Gasteiger charge is -2.33. The molecule has 192 valence electrons. The third kappa shape index (κ3) is 5.16. The Morgan fingerprint density at radius 3 is 2.31 bits per heavy atom. The van der Waals surface area contributed by atoms with E-state index < -0.39 is 76.0 Å². The highest BCUT2D eigenvalue weighted by molar-refractivity contribution is 6.35. The van der Waals surface area contributed by atoms with Gasteiger partial charge in [-0.15, -0.1) is 0 Å². The fourth-order valence-electron chi connectivity index (χ4n) is 4.05. The normalized spacial score (nSPS) is 18.8. The number of alkyl halides is 6. The maximum Gasteiger partial charge on any atom is 0.416 e. The standard InChI is InChI=1S/C22H18Cl2F8N2O/c1-2-16(35)33-9-11-3-4-12(7-13(11)21(27,28)29)34-6-5-20(10-34,22(30,31)32)14-8-15(23)19(26)17(24)18(14)25/h3-4,7-8H,2,5-6,9-10H2,1H3,(H,33,35). The van der Waals surface area contributed by atoms with Crippen molar-refractivity contribution in [3.8, 4) is 0 Å². The third-order valence-corrected chi connectivity index (χ3v) is 6.60. The average Bonchev–Trinajstić information content (AvgIpc) is 3.24. The van der Waals surface area contributed by atoms with Crippen molar-refractivity contribution in [1.82, 2.24) is 5.32 Å². The van der Waals surface area contributed by atoms with Crippen LogP contribution in [0.5, 0.6) is 0 Å². The Morgan fingerprint density at radius 2 is 1.74 bits per heavy atom. The summed E-state index contributed by atoms with van der Waals surface area (Å²) < 4.78 is 112. The van der Waals surface area contributed by atoms with Gasteiger partial charge in [-0.2, -0.15) is 26.3 Å². The molecule has 2 aromatic rings. The van der Waals surface area contributed by atoms with Crippen molar-refractivity contribution in [2.45, 2.75) is 44.1 Å². The fraction of sp³-hybridized carbons (Fsp3) is 0.409. The van der Waals surface area contributed by atoms with Crippen molar-refractivity contribution in [2.24, 2.45) is 0 Å². The predicted octanol–water partition coefficient (Wildman–Crippen LogP) is 7.03. The van der Waals surface area contributed by atoms with Crippen molar-refractivity contribution in [2.75, 3.05) is 18.0 Å².